The van der Waals surface area contributed by atoms with Gasteiger partial charge in [-0.05, 0) is 13.0 Å². The summed E-state index contributed by atoms with van der Waals surface area (Å²) in [7, 11) is 0. The summed E-state index contributed by atoms with van der Waals surface area (Å²) < 4.78 is 7.17. The van der Waals surface area contributed by atoms with Crippen molar-refractivity contribution >= 4 is 16.9 Å². The van der Waals surface area contributed by atoms with Crippen molar-refractivity contribution in [3.8, 4) is 0 Å². The van der Waals surface area contributed by atoms with Crippen LogP contribution in [0.4, 0.5) is 5.82 Å². The van der Waals surface area contributed by atoms with Gasteiger partial charge in [0.15, 0.2) is 6.23 Å². The molecule has 1 aliphatic heterocycles. The fraction of sp³-hybridized carbons (Fsp3) is 0.500. The van der Waals surface area contributed by atoms with Gasteiger partial charge in [0, 0.05) is 5.69 Å². The molecule has 4 unspecified atom stereocenters. The van der Waals surface area contributed by atoms with Gasteiger partial charge in [0.25, 0.3) is 0 Å². The van der Waals surface area contributed by atoms with Gasteiger partial charge in [-0.2, -0.15) is 0 Å². The van der Waals surface area contributed by atoms with E-state index in [-0.39, 0.29) is 6.61 Å². The monoisotopic (exact) mass is 280 g/mol. The van der Waals surface area contributed by atoms with Crippen molar-refractivity contribution in [2.45, 2.75) is 31.5 Å². The van der Waals surface area contributed by atoms with E-state index in [4.69, 9.17) is 15.6 Å². The molecule has 3 rings (SSSR count). The molecule has 1 fully saturated rings. The van der Waals surface area contributed by atoms with Crippen molar-refractivity contribution < 1.29 is 20.1 Å². The molecule has 8 nitrogen and oxygen atoms in total. The van der Waals surface area contributed by atoms with Gasteiger partial charge in [-0.1, -0.05) is 0 Å². The zero-order valence-corrected chi connectivity index (χ0v) is 10.8. The van der Waals surface area contributed by atoms with Crippen molar-refractivity contribution in [3.63, 3.8) is 0 Å². The highest BCUT2D eigenvalue weighted by molar-refractivity contribution is 5.87. The SMILES string of the molecule is Cc1cc2c(N)ncnc2n1C1OC(CO)C(O)C1O. The summed E-state index contributed by atoms with van der Waals surface area (Å²) in [5.74, 6) is 0.337. The molecule has 0 aromatic carbocycles. The largest absolute Gasteiger partial charge is 0.394 e. The summed E-state index contributed by atoms with van der Waals surface area (Å²) in [5.41, 5.74) is 7.08. The Morgan fingerprint density at radius 1 is 1.35 bits per heavy atom. The number of ether oxygens (including phenoxy) is 1. The molecule has 0 radical (unpaired) electrons. The molecule has 8 heteroatoms. The average molecular weight is 280 g/mol. The Kier molecular flexibility index (Phi) is 3.09. The topological polar surface area (TPSA) is 127 Å². The van der Waals surface area contributed by atoms with Crippen molar-refractivity contribution in [3.05, 3.63) is 18.1 Å². The third-order valence-corrected chi connectivity index (χ3v) is 3.63. The predicted octanol–water partition coefficient (Wildman–Crippen LogP) is -1.07. The predicted molar refractivity (Wildman–Crippen MR) is 69.7 cm³/mol. The van der Waals surface area contributed by atoms with Crippen LogP contribution < -0.4 is 5.73 Å². The van der Waals surface area contributed by atoms with E-state index in [0.29, 0.717) is 16.9 Å². The molecule has 1 saturated heterocycles. The van der Waals surface area contributed by atoms with Gasteiger partial charge in [0.05, 0.1) is 12.0 Å². The maximum Gasteiger partial charge on any atom is 0.164 e. The second-order valence-electron chi connectivity index (χ2n) is 4.88. The number of hydrogen-bond acceptors (Lipinski definition) is 7. The van der Waals surface area contributed by atoms with Crippen LogP contribution in [-0.2, 0) is 4.74 Å². The number of aromatic nitrogens is 3. The van der Waals surface area contributed by atoms with Crippen molar-refractivity contribution in [2.24, 2.45) is 0 Å². The quantitative estimate of drug-likeness (QED) is 0.552. The lowest BCUT2D eigenvalue weighted by molar-refractivity contribution is -0.0516. The first kappa shape index (κ1) is 13.3. The Hall–Kier alpha value is -1.74. The van der Waals surface area contributed by atoms with Crippen LogP contribution >= 0.6 is 0 Å². The number of nitrogen functional groups attached to an aromatic ring is 1. The molecule has 0 bridgehead atoms. The number of anilines is 1. The van der Waals surface area contributed by atoms with Crippen LogP contribution in [0.5, 0.6) is 0 Å². The second kappa shape index (κ2) is 4.67. The van der Waals surface area contributed by atoms with Gasteiger partial charge in [0.2, 0.25) is 0 Å². The van der Waals surface area contributed by atoms with Crippen LogP contribution in [0.15, 0.2) is 12.4 Å². The van der Waals surface area contributed by atoms with Crippen LogP contribution in [0.1, 0.15) is 11.9 Å². The molecule has 20 heavy (non-hydrogen) atoms. The smallest absolute Gasteiger partial charge is 0.164 e. The van der Waals surface area contributed by atoms with E-state index in [1.54, 1.807) is 10.6 Å². The third-order valence-electron chi connectivity index (χ3n) is 3.63. The summed E-state index contributed by atoms with van der Waals surface area (Å²) in [5, 5.41) is 29.7. The number of fused-ring (bicyclic) bond motifs is 1. The summed E-state index contributed by atoms with van der Waals surface area (Å²) in [4.78, 5) is 8.07. The van der Waals surface area contributed by atoms with Gasteiger partial charge in [-0.15, -0.1) is 0 Å². The molecule has 2 aromatic rings. The van der Waals surface area contributed by atoms with E-state index in [1.165, 1.54) is 6.33 Å². The van der Waals surface area contributed by atoms with Crippen LogP contribution in [0.3, 0.4) is 0 Å². The summed E-state index contributed by atoms with van der Waals surface area (Å²) in [6, 6.07) is 1.79. The number of nitrogens with two attached hydrogens (primary N) is 1. The molecule has 0 spiro atoms. The van der Waals surface area contributed by atoms with E-state index in [1.807, 2.05) is 6.92 Å². The van der Waals surface area contributed by atoms with Crippen molar-refractivity contribution in [1.82, 2.24) is 14.5 Å². The molecule has 1 aliphatic rings. The molecule has 3 heterocycles. The standard InChI is InChI=1S/C12H16N4O4/c1-5-2-6-10(13)14-4-15-11(6)16(5)12-9(19)8(18)7(3-17)20-12/h2,4,7-9,12,17-19H,3H2,1H3,(H2,13,14,15). The Labute approximate surface area is 114 Å². The van der Waals surface area contributed by atoms with Gasteiger partial charge < -0.3 is 30.4 Å². The van der Waals surface area contributed by atoms with E-state index >= 15 is 0 Å². The van der Waals surface area contributed by atoms with Crippen molar-refractivity contribution in [1.29, 1.82) is 0 Å². The fourth-order valence-electron chi connectivity index (χ4n) is 2.59. The third kappa shape index (κ3) is 1.77. The molecular weight excluding hydrogens is 264 g/mol. The zero-order valence-electron chi connectivity index (χ0n) is 10.8. The molecule has 4 atom stereocenters. The Balaban J connectivity index is 2.11. The molecule has 5 N–H and O–H groups in total. The first-order valence-electron chi connectivity index (χ1n) is 6.25. The van der Waals surface area contributed by atoms with Crippen LogP contribution in [0, 0.1) is 6.92 Å². The zero-order chi connectivity index (χ0) is 14.4. The lowest BCUT2D eigenvalue weighted by Gasteiger charge is -2.19. The first-order valence-corrected chi connectivity index (χ1v) is 6.25. The Morgan fingerprint density at radius 2 is 2.10 bits per heavy atom. The molecule has 0 amide bonds. The lowest BCUT2D eigenvalue weighted by atomic mass is 10.1. The summed E-state index contributed by atoms with van der Waals surface area (Å²) in [6.07, 6.45) is -2.63. The minimum atomic E-state index is -1.15. The Bertz CT molecular complexity index is 644. The highest BCUT2D eigenvalue weighted by Crippen LogP contribution is 2.34. The Morgan fingerprint density at radius 3 is 2.75 bits per heavy atom. The lowest BCUT2D eigenvalue weighted by Crippen LogP contribution is -2.33. The van der Waals surface area contributed by atoms with Gasteiger partial charge >= 0.3 is 0 Å². The number of hydrogen-bond donors (Lipinski definition) is 4. The van der Waals surface area contributed by atoms with E-state index in [2.05, 4.69) is 9.97 Å². The summed E-state index contributed by atoms with van der Waals surface area (Å²) in [6.45, 7) is 1.44. The van der Waals surface area contributed by atoms with Gasteiger partial charge in [-0.3, -0.25) is 0 Å². The van der Waals surface area contributed by atoms with Crippen LogP contribution in [0.25, 0.3) is 11.0 Å². The normalized spacial score (nSPS) is 30.2. The number of aryl methyl sites for hydroxylation is 1. The minimum absolute atomic E-state index is 0.337. The average Bonchev–Trinajstić information content (AvgIpc) is 2.90. The van der Waals surface area contributed by atoms with Crippen LogP contribution in [-0.4, -0.2) is 54.8 Å². The number of nitrogens with zero attached hydrogens (tertiary/aromatic N) is 3. The maximum absolute atomic E-state index is 10.1. The van der Waals surface area contributed by atoms with Crippen LogP contribution in [0.2, 0.25) is 0 Å². The molecule has 0 aliphatic carbocycles. The maximum atomic E-state index is 10.1. The molecule has 2 aromatic heterocycles. The van der Waals surface area contributed by atoms with Crippen molar-refractivity contribution in [2.75, 3.05) is 12.3 Å². The number of aliphatic hydroxyl groups is 3. The van der Waals surface area contributed by atoms with E-state index in [9.17, 15) is 10.2 Å². The molecule has 108 valence electrons. The first-order chi connectivity index (χ1) is 9.54. The minimum Gasteiger partial charge on any atom is -0.394 e. The number of aliphatic hydroxyl groups excluding tert-OH is 3. The fourth-order valence-corrected chi connectivity index (χ4v) is 2.59. The molecule has 0 saturated carbocycles. The summed E-state index contributed by atoms with van der Waals surface area (Å²) >= 11 is 0. The van der Waals surface area contributed by atoms with Gasteiger partial charge in [0.1, 0.15) is 36.1 Å². The van der Waals surface area contributed by atoms with E-state index < -0.39 is 24.5 Å². The molecular formula is C12H16N4O4. The second-order valence-corrected chi connectivity index (χ2v) is 4.88. The highest BCUT2D eigenvalue weighted by atomic mass is 16.6. The van der Waals surface area contributed by atoms with Gasteiger partial charge in [-0.25, -0.2) is 9.97 Å². The number of rotatable bonds is 2. The van der Waals surface area contributed by atoms with E-state index in [0.717, 1.165) is 5.69 Å². The highest BCUT2D eigenvalue weighted by Gasteiger charge is 2.44.